The normalized spacial score (nSPS) is 22.4. The SMILES string of the molecule is COC[C@H]1CN(c2cc(Cl)c3c4c(c(=O)oc3c2C)CN(C(=O)c2cc(OC)c(C(=O)NS(=O)(=O)N3CC5CC5C3)cc2F)CC4)CCN1C. The van der Waals surface area contributed by atoms with Crippen molar-refractivity contribution in [3.8, 4) is 5.75 Å². The molecule has 7 rings (SSSR count). The summed E-state index contributed by atoms with van der Waals surface area (Å²) in [7, 11) is 0.831. The molecule has 1 aliphatic carbocycles. The number of piperidine rings is 1. The van der Waals surface area contributed by atoms with Gasteiger partial charge < -0.3 is 23.7 Å². The minimum Gasteiger partial charge on any atom is -0.496 e. The molecule has 3 aliphatic heterocycles. The van der Waals surface area contributed by atoms with Crippen molar-refractivity contribution < 1.29 is 36.3 Å². The first-order valence-corrected chi connectivity index (χ1v) is 18.3. The van der Waals surface area contributed by atoms with Gasteiger partial charge in [0.15, 0.2) is 0 Å². The fourth-order valence-electron chi connectivity index (χ4n) is 7.56. The van der Waals surface area contributed by atoms with Crippen LogP contribution < -0.4 is 20.0 Å². The summed E-state index contributed by atoms with van der Waals surface area (Å²) in [5.41, 5.74) is 1.60. The van der Waals surface area contributed by atoms with E-state index in [9.17, 15) is 22.8 Å². The second kappa shape index (κ2) is 13.1. The van der Waals surface area contributed by atoms with Gasteiger partial charge in [0.1, 0.15) is 17.1 Å². The average Bonchev–Trinajstić information content (AvgIpc) is 3.70. The molecule has 0 spiro atoms. The van der Waals surface area contributed by atoms with Gasteiger partial charge >= 0.3 is 15.8 Å². The molecule has 268 valence electrons. The lowest BCUT2D eigenvalue weighted by molar-refractivity contribution is 0.0727. The van der Waals surface area contributed by atoms with Crippen LogP contribution in [-0.4, -0.2) is 108 Å². The lowest BCUT2D eigenvalue weighted by atomic mass is 9.94. The number of nitrogens with zero attached hydrogens (tertiary/aromatic N) is 4. The molecule has 4 heterocycles. The number of anilines is 1. The standard InChI is InChI=1S/C34H39ClFN5O8S/c1-18-28(39-8-7-38(2)21(15-39)17-47-3)12-26(35)30-22-5-6-40(16-25(22)34(44)49-31(18)30)33(43)23-11-29(48-4)24(10-27(23)36)32(42)37-50(45,46)41-13-19-9-20(19)14-41/h10-12,19-21H,5-9,13-17H2,1-4H3,(H,37,42)/t19?,20?,21-/m1/s1. The van der Waals surface area contributed by atoms with Gasteiger partial charge in [0.05, 0.1) is 48.0 Å². The Bertz CT molecular complexity index is 2070. The zero-order chi connectivity index (χ0) is 35.6. The fourth-order valence-corrected chi connectivity index (χ4v) is 9.12. The molecule has 1 saturated carbocycles. The lowest BCUT2D eigenvalue weighted by Gasteiger charge is -2.41. The Morgan fingerprint density at radius 1 is 1.06 bits per heavy atom. The number of halogens is 2. The summed E-state index contributed by atoms with van der Waals surface area (Å²) in [6.45, 7) is 5.43. The summed E-state index contributed by atoms with van der Waals surface area (Å²) in [6.07, 6.45) is 1.24. The van der Waals surface area contributed by atoms with Crippen LogP contribution in [0, 0.1) is 24.6 Å². The van der Waals surface area contributed by atoms with E-state index in [2.05, 4.69) is 16.8 Å². The summed E-state index contributed by atoms with van der Waals surface area (Å²) in [5, 5.41) is 1.04. The Morgan fingerprint density at radius 2 is 1.80 bits per heavy atom. The molecular weight excluding hydrogens is 693 g/mol. The van der Waals surface area contributed by atoms with Gasteiger partial charge in [-0.15, -0.1) is 0 Å². The molecule has 2 amide bonds. The monoisotopic (exact) mass is 731 g/mol. The molecule has 0 radical (unpaired) electrons. The van der Waals surface area contributed by atoms with E-state index >= 15 is 4.39 Å². The van der Waals surface area contributed by atoms with Crippen molar-refractivity contribution in [3.05, 3.63) is 67.3 Å². The van der Waals surface area contributed by atoms with Gasteiger partial charge in [0.2, 0.25) is 0 Å². The van der Waals surface area contributed by atoms with E-state index < -0.39 is 39.0 Å². The molecule has 16 heteroatoms. The van der Waals surface area contributed by atoms with Crippen LogP contribution in [0.1, 0.15) is 43.8 Å². The fraction of sp³-hybridized carbons (Fsp3) is 0.500. The highest BCUT2D eigenvalue weighted by atomic mass is 35.5. The number of nitrogens with one attached hydrogen (secondary N) is 1. The molecule has 13 nitrogen and oxygen atoms in total. The van der Waals surface area contributed by atoms with Gasteiger partial charge in [-0.2, -0.15) is 12.7 Å². The Labute approximate surface area is 294 Å². The summed E-state index contributed by atoms with van der Waals surface area (Å²) in [5.74, 6) is -2.42. The van der Waals surface area contributed by atoms with E-state index in [0.717, 1.165) is 42.9 Å². The van der Waals surface area contributed by atoms with E-state index in [1.807, 2.05) is 17.7 Å². The van der Waals surface area contributed by atoms with Gasteiger partial charge in [-0.05, 0) is 62.4 Å². The van der Waals surface area contributed by atoms with E-state index in [1.165, 1.54) is 16.3 Å². The van der Waals surface area contributed by atoms with Gasteiger partial charge in [0, 0.05) is 63.0 Å². The predicted molar refractivity (Wildman–Crippen MR) is 184 cm³/mol. The first kappa shape index (κ1) is 34.7. The number of piperazine rings is 1. The number of hydrogen-bond donors (Lipinski definition) is 1. The van der Waals surface area contributed by atoms with Crippen molar-refractivity contribution in [1.29, 1.82) is 0 Å². The summed E-state index contributed by atoms with van der Waals surface area (Å²) in [6, 6.07) is 3.93. The second-order valence-corrected chi connectivity index (χ2v) is 15.7. The third kappa shape index (κ3) is 6.12. The lowest BCUT2D eigenvalue weighted by Crippen LogP contribution is -2.53. The molecule has 50 heavy (non-hydrogen) atoms. The molecule has 0 bridgehead atoms. The smallest absolute Gasteiger partial charge is 0.341 e. The van der Waals surface area contributed by atoms with Gasteiger partial charge in [-0.25, -0.2) is 13.9 Å². The van der Waals surface area contributed by atoms with E-state index in [4.69, 9.17) is 25.5 Å². The van der Waals surface area contributed by atoms with Crippen LogP contribution in [0.5, 0.6) is 5.75 Å². The van der Waals surface area contributed by atoms with Crippen LogP contribution in [-0.2, 0) is 27.9 Å². The maximum absolute atomic E-state index is 15.5. The van der Waals surface area contributed by atoms with Crippen molar-refractivity contribution >= 4 is 50.3 Å². The minimum atomic E-state index is -4.14. The van der Waals surface area contributed by atoms with Crippen molar-refractivity contribution in [1.82, 2.24) is 18.8 Å². The Kier molecular flexibility index (Phi) is 9.08. The topological polar surface area (TPSA) is 142 Å². The zero-order valence-electron chi connectivity index (χ0n) is 28.3. The van der Waals surface area contributed by atoms with Crippen LogP contribution in [0.2, 0.25) is 5.02 Å². The highest BCUT2D eigenvalue weighted by Gasteiger charge is 2.49. The van der Waals surface area contributed by atoms with Gasteiger partial charge in [0.25, 0.3) is 11.8 Å². The largest absolute Gasteiger partial charge is 0.496 e. The number of benzene rings is 2. The summed E-state index contributed by atoms with van der Waals surface area (Å²) < 4.78 is 60.9. The van der Waals surface area contributed by atoms with Crippen molar-refractivity contribution in [3.63, 3.8) is 0 Å². The van der Waals surface area contributed by atoms with Crippen molar-refractivity contribution in [2.75, 3.05) is 72.0 Å². The maximum atomic E-state index is 15.5. The third-order valence-corrected chi connectivity index (χ3v) is 12.3. The highest BCUT2D eigenvalue weighted by molar-refractivity contribution is 7.87. The molecule has 3 aromatic rings. The number of amides is 2. The van der Waals surface area contributed by atoms with E-state index in [0.29, 0.717) is 59.6 Å². The van der Waals surface area contributed by atoms with E-state index in [1.54, 1.807) is 7.11 Å². The Balaban J connectivity index is 1.13. The van der Waals surface area contributed by atoms with Crippen LogP contribution in [0.25, 0.3) is 11.0 Å². The molecule has 2 aromatic carbocycles. The van der Waals surface area contributed by atoms with Crippen LogP contribution >= 0.6 is 11.6 Å². The second-order valence-electron chi connectivity index (χ2n) is 13.6. The zero-order valence-corrected chi connectivity index (χ0v) is 29.8. The Morgan fingerprint density at radius 3 is 2.50 bits per heavy atom. The minimum absolute atomic E-state index is 0.152. The first-order chi connectivity index (χ1) is 23.8. The maximum Gasteiger partial charge on any atom is 0.341 e. The Hall–Kier alpha value is -3.76. The molecular formula is C34H39ClFN5O8S. The number of carbonyl (C=O) groups excluding carboxylic acids is 2. The average molecular weight is 732 g/mol. The van der Waals surface area contributed by atoms with Gasteiger partial charge in [-0.1, -0.05) is 11.6 Å². The highest BCUT2D eigenvalue weighted by Crippen LogP contribution is 2.45. The molecule has 2 saturated heterocycles. The number of ether oxygens (including phenoxy) is 2. The molecule has 3 atom stereocenters. The number of fused-ring (bicyclic) bond motifs is 4. The molecule has 3 fully saturated rings. The number of hydrogen-bond acceptors (Lipinski definition) is 10. The van der Waals surface area contributed by atoms with E-state index in [-0.39, 0.29) is 42.4 Å². The summed E-state index contributed by atoms with van der Waals surface area (Å²) in [4.78, 5) is 45.9. The third-order valence-electron chi connectivity index (χ3n) is 10.6. The number of rotatable bonds is 8. The number of methoxy groups -OCH3 is 2. The summed E-state index contributed by atoms with van der Waals surface area (Å²) >= 11 is 6.90. The van der Waals surface area contributed by atoms with Crippen molar-refractivity contribution in [2.45, 2.75) is 32.4 Å². The molecule has 1 aromatic heterocycles. The number of likely N-dealkylation sites (N-methyl/N-ethyl adjacent to an activating group) is 1. The molecule has 4 aliphatic rings. The van der Waals surface area contributed by atoms with Crippen LogP contribution in [0.15, 0.2) is 27.4 Å². The van der Waals surface area contributed by atoms with Crippen LogP contribution in [0.3, 0.4) is 0 Å². The quantitative estimate of drug-likeness (QED) is 0.344. The number of carbonyl (C=O) groups is 2. The van der Waals surface area contributed by atoms with Gasteiger partial charge in [-0.3, -0.25) is 14.5 Å². The first-order valence-electron chi connectivity index (χ1n) is 16.5. The molecule has 1 N–H and O–H groups in total. The van der Waals surface area contributed by atoms with Crippen LogP contribution in [0.4, 0.5) is 10.1 Å². The van der Waals surface area contributed by atoms with Crippen molar-refractivity contribution in [2.24, 2.45) is 11.8 Å². The predicted octanol–water partition coefficient (Wildman–Crippen LogP) is 2.79. The number of aryl methyl sites for hydroxylation is 1. The molecule has 2 unspecified atom stereocenters.